The molecular weight excluding hydrogens is 312 g/mol. The summed E-state index contributed by atoms with van der Waals surface area (Å²) in [6, 6.07) is 3.39. The topological polar surface area (TPSA) is 53.9 Å². The highest BCUT2D eigenvalue weighted by molar-refractivity contribution is 5.29. The van der Waals surface area contributed by atoms with Crippen molar-refractivity contribution in [3.63, 3.8) is 0 Å². The third-order valence-electron chi connectivity index (χ3n) is 3.92. The molecule has 0 aliphatic heterocycles. The molecule has 0 spiro atoms. The summed E-state index contributed by atoms with van der Waals surface area (Å²) >= 11 is 0. The van der Waals surface area contributed by atoms with Crippen LogP contribution in [-0.2, 0) is 12.8 Å². The van der Waals surface area contributed by atoms with Gasteiger partial charge in [0.25, 0.3) is 0 Å². The van der Waals surface area contributed by atoms with Gasteiger partial charge in [0.1, 0.15) is 11.6 Å². The van der Waals surface area contributed by atoms with Gasteiger partial charge in [-0.2, -0.15) is 5.10 Å². The molecule has 1 atom stereocenters. The number of hydrogen-bond donors (Lipinski definition) is 1. The fourth-order valence-electron chi connectivity index (χ4n) is 2.57. The van der Waals surface area contributed by atoms with Crippen molar-refractivity contribution >= 4 is 5.95 Å². The van der Waals surface area contributed by atoms with Gasteiger partial charge >= 0.3 is 0 Å². The number of benzene rings is 1. The lowest BCUT2D eigenvalue weighted by Crippen LogP contribution is -2.29. The van der Waals surface area contributed by atoms with Crippen LogP contribution in [0.25, 0.3) is 0 Å². The highest BCUT2D eigenvalue weighted by Gasteiger charge is 2.22. The molecule has 1 aromatic carbocycles. The van der Waals surface area contributed by atoms with E-state index in [0.29, 0.717) is 5.95 Å². The van der Waals surface area contributed by atoms with Crippen molar-refractivity contribution in [3.8, 4) is 0 Å². The van der Waals surface area contributed by atoms with Gasteiger partial charge in [-0.1, -0.05) is 19.9 Å². The Bertz CT molecular complexity index is 670. The lowest BCUT2D eigenvalue weighted by molar-refractivity contribution is 0.295. The van der Waals surface area contributed by atoms with Gasteiger partial charge in [0.05, 0.1) is 17.4 Å². The maximum Gasteiger partial charge on any atom is 0.243 e. The summed E-state index contributed by atoms with van der Waals surface area (Å²) in [5.41, 5.74) is 1.78. The summed E-state index contributed by atoms with van der Waals surface area (Å²) in [5, 5.41) is 11.3. The van der Waals surface area contributed by atoms with Crippen molar-refractivity contribution in [2.45, 2.75) is 32.7 Å². The molecular formula is C17H23F2N5. The highest BCUT2D eigenvalue weighted by atomic mass is 19.1. The number of aromatic nitrogens is 3. The van der Waals surface area contributed by atoms with Crippen LogP contribution in [0.15, 0.2) is 18.2 Å². The molecule has 24 heavy (non-hydrogen) atoms. The molecule has 0 bridgehead atoms. The summed E-state index contributed by atoms with van der Waals surface area (Å²) in [6.07, 6.45) is 1.52. The smallest absolute Gasteiger partial charge is 0.243 e. The average Bonchev–Trinajstić information content (AvgIpc) is 2.56. The Hall–Kier alpha value is -2.15. The molecule has 1 unspecified atom stereocenters. The van der Waals surface area contributed by atoms with Crippen molar-refractivity contribution in [1.29, 1.82) is 0 Å². The Kier molecular flexibility index (Phi) is 6.14. The Morgan fingerprint density at radius 1 is 1.04 bits per heavy atom. The minimum absolute atomic E-state index is 0.0313. The first-order valence-corrected chi connectivity index (χ1v) is 8.04. The van der Waals surface area contributed by atoms with Gasteiger partial charge in [-0.05, 0) is 39.1 Å². The summed E-state index contributed by atoms with van der Waals surface area (Å²) in [4.78, 5) is 6.19. The molecule has 0 saturated carbocycles. The zero-order valence-electron chi connectivity index (χ0n) is 14.5. The van der Waals surface area contributed by atoms with Crippen LogP contribution < -0.4 is 5.32 Å². The van der Waals surface area contributed by atoms with Gasteiger partial charge in [0.15, 0.2) is 0 Å². The van der Waals surface area contributed by atoms with Gasteiger partial charge in [-0.3, -0.25) is 0 Å². The van der Waals surface area contributed by atoms with Crippen molar-refractivity contribution in [1.82, 2.24) is 20.1 Å². The highest BCUT2D eigenvalue weighted by Crippen LogP contribution is 2.24. The lowest BCUT2D eigenvalue weighted by atomic mass is 10.0. The zero-order chi connectivity index (χ0) is 17.7. The number of halogens is 2. The molecule has 0 aliphatic carbocycles. The normalized spacial score (nSPS) is 12.5. The zero-order valence-corrected chi connectivity index (χ0v) is 14.5. The van der Waals surface area contributed by atoms with E-state index < -0.39 is 17.7 Å². The second-order valence-electron chi connectivity index (χ2n) is 5.73. The number of anilines is 1. The van der Waals surface area contributed by atoms with Gasteiger partial charge < -0.3 is 10.2 Å². The SMILES string of the molecule is CCc1nnc(NCC(c2c(F)cccc2F)N(C)C)nc1CC. The Morgan fingerprint density at radius 2 is 1.67 bits per heavy atom. The number of nitrogens with zero attached hydrogens (tertiary/aromatic N) is 4. The van der Waals surface area contributed by atoms with Crippen LogP contribution >= 0.6 is 0 Å². The molecule has 1 N–H and O–H groups in total. The standard InChI is InChI=1S/C17H23F2N5/c1-5-13-14(6-2)22-23-17(21-13)20-10-15(24(3)4)16-11(18)8-7-9-12(16)19/h7-9,15H,5-6,10H2,1-4H3,(H,20,21,23). The van der Waals surface area contributed by atoms with E-state index in [-0.39, 0.29) is 12.1 Å². The molecule has 0 saturated heterocycles. The first-order chi connectivity index (χ1) is 11.5. The molecule has 1 heterocycles. The summed E-state index contributed by atoms with van der Waals surface area (Å²) < 4.78 is 28.1. The fraction of sp³-hybridized carbons (Fsp3) is 0.471. The van der Waals surface area contributed by atoms with Crippen LogP contribution in [0.3, 0.4) is 0 Å². The number of aryl methyl sites for hydroxylation is 2. The predicted molar refractivity (Wildman–Crippen MR) is 89.9 cm³/mol. The minimum atomic E-state index is -0.565. The van der Waals surface area contributed by atoms with E-state index in [2.05, 4.69) is 20.5 Å². The van der Waals surface area contributed by atoms with Crippen molar-refractivity contribution < 1.29 is 8.78 Å². The summed E-state index contributed by atoms with van der Waals surface area (Å²) in [6.45, 7) is 4.27. The van der Waals surface area contributed by atoms with E-state index in [1.807, 2.05) is 13.8 Å². The van der Waals surface area contributed by atoms with Crippen LogP contribution in [-0.4, -0.2) is 40.7 Å². The monoisotopic (exact) mass is 335 g/mol. The van der Waals surface area contributed by atoms with E-state index >= 15 is 0 Å². The largest absolute Gasteiger partial charge is 0.351 e. The molecule has 7 heteroatoms. The van der Waals surface area contributed by atoms with Crippen LogP contribution in [0, 0.1) is 11.6 Å². The van der Waals surface area contributed by atoms with E-state index in [1.54, 1.807) is 19.0 Å². The summed E-state index contributed by atoms with van der Waals surface area (Å²) in [5.74, 6) is -0.761. The number of likely N-dealkylation sites (N-methyl/N-ethyl adjacent to an activating group) is 1. The molecule has 130 valence electrons. The van der Waals surface area contributed by atoms with Crippen LogP contribution in [0.5, 0.6) is 0 Å². The molecule has 0 aliphatic rings. The number of hydrogen-bond acceptors (Lipinski definition) is 5. The molecule has 0 amide bonds. The molecule has 0 radical (unpaired) electrons. The first-order valence-electron chi connectivity index (χ1n) is 8.04. The average molecular weight is 335 g/mol. The predicted octanol–water partition coefficient (Wildman–Crippen LogP) is 2.99. The molecule has 2 aromatic rings. The van der Waals surface area contributed by atoms with Gasteiger partial charge in [0.2, 0.25) is 5.95 Å². The molecule has 2 rings (SSSR count). The fourth-order valence-corrected chi connectivity index (χ4v) is 2.57. The van der Waals surface area contributed by atoms with Crippen molar-refractivity contribution in [3.05, 3.63) is 46.8 Å². The molecule has 0 fully saturated rings. The molecule has 1 aromatic heterocycles. The van der Waals surface area contributed by atoms with Gasteiger partial charge in [0, 0.05) is 12.1 Å². The van der Waals surface area contributed by atoms with E-state index in [1.165, 1.54) is 18.2 Å². The van der Waals surface area contributed by atoms with E-state index in [9.17, 15) is 8.78 Å². The van der Waals surface area contributed by atoms with Crippen LogP contribution in [0.1, 0.15) is 36.8 Å². The van der Waals surface area contributed by atoms with Gasteiger partial charge in [-0.25, -0.2) is 13.8 Å². The van der Waals surface area contributed by atoms with Crippen molar-refractivity contribution in [2.24, 2.45) is 0 Å². The Balaban J connectivity index is 2.21. The second kappa shape index (κ2) is 8.10. The number of nitrogens with one attached hydrogen (secondary N) is 1. The van der Waals surface area contributed by atoms with Gasteiger partial charge in [-0.15, -0.1) is 5.10 Å². The molecule has 5 nitrogen and oxygen atoms in total. The number of rotatable bonds is 7. The maximum atomic E-state index is 14.1. The summed E-state index contributed by atoms with van der Waals surface area (Å²) in [7, 11) is 3.55. The minimum Gasteiger partial charge on any atom is -0.351 e. The van der Waals surface area contributed by atoms with E-state index in [0.717, 1.165) is 24.2 Å². The Labute approximate surface area is 141 Å². The first kappa shape index (κ1) is 18.2. The van der Waals surface area contributed by atoms with Crippen LogP contribution in [0.2, 0.25) is 0 Å². The Morgan fingerprint density at radius 3 is 2.21 bits per heavy atom. The lowest BCUT2D eigenvalue weighted by Gasteiger charge is -2.25. The van der Waals surface area contributed by atoms with Crippen LogP contribution in [0.4, 0.5) is 14.7 Å². The second-order valence-corrected chi connectivity index (χ2v) is 5.73. The quantitative estimate of drug-likeness (QED) is 0.843. The van der Waals surface area contributed by atoms with E-state index in [4.69, 9.17) is 0 Å². The van der Waals surface area contributed by atoms with Crippen molar-refractivity contribution in [2.75, 3.05) is 26.0 Å². The third kappa shape index (κ3) is 4.03. The maximum absolute atomic E-state index is 14.1. The third-order valence-corrected chi connectivity index (χ3v) is 3.92.